The Balaban J connectivity index is 1.72. The van der Waals surface area contributed by atoms with Crippen LogP contribution in [0.5, 0.6) is 11.5 Å². The van der Waals surface area contributed by atoms with Crippen LogP contribution in [-0.4, -0.2) is 49.2 Å². The van der Waals surface area contributed by atoms with E-state index in [-0.39, 0.29) is 11.7 Å². The molecule has 2 aromatic rings. The van der Waals surface area contributed by atoms with Crippen LogP contribution in [0.15, 0.2) is 48.5 Å². The number of carbonyl (C=O) groups excluding carboxylic acids is 1. The number of ether oxygens (including phenoxy) is 2. The number of nitrogens with zero attached hydrogens (tertiary/aromatic N) is 1. The van der Waals surface area contributed by atoms with Crippen LogP contribution in [-0.2, 0) is 0 Å². The van der Waals surface area contributed by atoms with E-state index in [1.165, 1.54) is 12.1 Å². The van der Waals surface area contributed by atoms with Gasteiger partial charge in [-0.05, 0) is 68.4 Å². The second kappa shape index (κ2) is 9.28. The lowest BCUT2D eigenvalue weighted by Crippen LogP contribution is -2.46. The summed E-state index contributed by atoms with van der Waals surface area (Å²) < 4.78 is 36.4. The summed E-state index contributed by atoms with van der Waals surface area (Å²) >= 11 is 0. The fraction of sp³-hybridized carbons (Fsp3) is 0.400. The van der Waals surface area contributed by atoms with Gasteiger partial charge >= 0.3 is 6.61 Å². The third kappa shape index (κ3) is 4.48. The maximum absolute atomic E-state index is 12.7. The smallest absolute Gasteiger partial charge is 0.387 e. The number of halogens is 2. The van der Waals surface area contributed by atoms with Crippen molar-refractivity contribution in [2.24, 2.45) is 0 Å². The van der Waals surface area contributed by atoms with E-state index in [0.29, 0.717) is 24.4 Å². The van der Waals surface area contributed by atoms with E-state index in [1.54, 1.807) is 11.0 Å². The van der Waals surface area contributed by atoms with Crippen LogP contribution in [0, 0.1) is 0 Å². The molecular weight excluding hydrogens is 414 g/mol. The third-order valence-electron chi connectivity index (χ3n) is 6.13. The second-order valence-corrected chi connectivity index (χ2v) is 8.07. The first-order valence-corrected chi connectivity index (χ1v) is 11.1. The van der Waals surface area contributed by atoms with Crippen LogP contribution in [0.1, 0.15) is 48.2 Å². The topological polar surface area (TPSA) is 50.8 Å². The van der Waals surface area contributed by atoms with Crippen molar-refractivity contribution in [3.8, 4) is 11.5 Å². The van der Waals surface area contributed by atoms with Crippen LogP contribution in [0.3, 0.4) is 0 Å². The van der Waals surface area contributed by atoms with E-state index >= 15 is 0 Å². The van der Waals surface area contributed by atoms with Crippen molar-refractivity contribution in [3.05, 3.63) is 65.2 Å². The van der Waals surface area contributed by atoms with Crippen molar-refractivity contribution in [1.82, 2.24) is 10.2 Å². The van der Waals surface area contributed by atoms with Crippen LogP contribution in [0.2, 0.25) is 0 Å². The fourth-order valence-electron chi connectivity index (χ4n) is 4.40. The van der Waals surface area contributed by atoms with Gasteiger partial charge in [0.1, 0.15) is 17.1 Å². The number of benzene rings is 2. The van der Waals surface area contributed by atoms with E-state index in [0.717, 1.165) is 42.6 Å². The first-order chi connectivity index (χ1) is 15.4. The summed E-state index contributed by atoms with van der Waals surface area (Å²) in [5.41, 5.74) is 2.87. The first kappa shape index (κ1) is 22.3. The molecule has 0 bridgehead atoms. The molecule has 2 heterocycles. The summed E-state index contributed by atoms with van der Waals surface area (Å²) in [6.45, 7) is 3.97. The van der Waals surface area contributed by atoms with Gasteiger partial charge in [-0.15, -0.1) is 0 Å². The quantitative estimate of drug-likeness (QED) is 0.704. The highest BCUT2D eigenvalue weighted by molar-refractivity contribution is 5.95. The van der Waals surface area contributed by atoms with Crippen LogP contribution in [0.25, 0.3) is 5.57 Å². The molecule has 0 atom stereocenters. The van der Waals surface area contributed by atoms with E-state index in [9.17, 15) is 13.6 Å². The van der Waals surface area contributed by atoms with Gasteiger partial charge < -0.3 is 19.7 Å². The monoisotopic (exact) mass is 442 g/mol. The zero-order chi connectivity index (χ0) is 22.7. The zero-order valence-corrected chi connectivity index (χ0v) is 18.4. The Morgan fingerprint density at radius 1 is 1.12 bits per heavy atom. The highest BCUT2D eigenvalue weighted by Gasteiger charge is 2.37. The zero-order valence-electron chi connectivity index (χ0n) is 18.4. The molecule has 0 radical (unpaired) electrons. The van der Waals surface area contributed by atoms with Crippen molar-refractivity contribution in [2.75, 3.05) is 26.2 Å². The van der Waals surface area contributed by atoms with Crippen LogP contribution >= 0.6 is 0 Å². The van der Waals surface area contributed by atoms with Gasteiger partial charge in [-0.3, -0.25) is 4.79 Å². The maximum Gasteiger partial charge on any atom is 0.387 e. The van der Waals surface area contributed by atoms with Crippen molar-refractivity contribution >= 4 is 11.5 Å². The third-order valence-corrected chi connectivity index (χ3v) is 6.13. The van der Waals surface area contributed by atoms with Crippen LogP contribution in [0.4, 0.5) is 8.78 Å². The molecule has 5 nitrogen and oxygen atoms in total. The number of hydrogen-bond donors (Lipinski definition) is 1. The first-order valence-electron chi connectivity index (χ1n) is 11.1. The summed E-state index contributed by atoms with van der Waals surface area (Å²) in [5, 5.41) is 3.34. The number of rotatable bonds is 6. The minimum absolute atomic E-state index is 0.00604. The highest BCUT2D eigenvalue weighted by atomic mass is 19.3. The number of amides is 1. The number of carbonyl (C=O) groups is 1. The molecule has 1 amide bonds. The Morgan fingerprint density at radius 2 is 1.81 bits per heavy atom. The standard InChI is InChI=1S/C25H28F2N2O3/c1-3-29(4-2)23(30)18-7-5-17(6-8-18)21-16-25(11-13-28-14-12-25)32-22-15-19(31-24(26)27)9-10-20(21)22/h5-10,15-16,24,28H,3-4,11-14H2,1-2H3. The Bertz CT molecular complexity index is 995. The van der Waals surface area contributed by atoms with E-state index in [4.69, 9.17) is 4.74 Å². The largest absolute Gasteiger partial charge is 0.482 e. The minimum atomic E-state index is -2.89. The van der Waals surface area contributed by atoms with Crippen molar-refractivity contribution in [1.29, 1.82) is 0 Å². The number of alkyl halides is 2. The highest BCUT2D eigenvalue weighted by Crippen LogP contribution is 2.44. The molecule has 2 aromatic carbocycles. The van der Waals surface area contributed by atoms with Gasteiger partial charge in [-0.1, -0.05) is 12.1 Å². The molecule has 0 saturated carbocycles. The summed E-state index contributed by atoms with van der Waals surface area (Å²) in [5.74, 6) is 0.613. The maximum atomic E-state index is 12.7. The lowest BCUT2D eigenvalue weighted by atomic mass is 9.83. The van der Waals surface area contributed by atoms with Crippen molar-refractivity contribution in [2.45, 2.75) is 38.9 Å². The summed E-state index contributed by atoms with van der Waals surface area (Å²) in [4.78, 5) is 14.5. The average molecular weight is 443 g/mol. The van der Waals surface area contributed by atoms with Gasteiger partial charge in [0.25, 0.3) is 5.91 Å². The Morgan fingerprint density at radius 3 is 2.44 bits per heavy atom. The fourth-order valence-corrected chi connectivity index (χ4v) is 4.40. The van der Waals surface area contributed by atoms with E-state index < -0.39 is 12.2 Å². The van der Waals surface area contributed by atoms with Crippen molar-refractivity contribution in [3.63, 3.8) is 0 Å². The van der Waals surface area contributed by atoms with E-state index in [1.807, 2.05) is 38.1 Å². The number of piperidine rings is 1. The predicted molar refractivity (Wildman–Crippen MR) is 119 cm³/mol. The van der Waals surface area contributed by atoms with E-state index in [2.05, 4.69) is 16.1 Å². The molecule has 0 aliphatic carbocycles. The molecule has 2 aliphatic rings. The average Bonchev–Trinajstić information content (AvgIpc) is 2.79. The molecule has 1 N–H and O–H groups in total. The van der Waals surface area contributed by atoms with Gasteiger partial charge in [0.05, 0.1) is 0 Å². The summed E-state index contributed by atoms with van der Waals surface area (Å²) in [6, 6.07) is 12.4. The summed E-state index contributed by atoms with van der Waals surface area (Å²) in [6.07, 6.45) is 3.69. The number of hydrogen-bond acceptors (Lipinski definition) is 4. The molecule has 0 unspecified atom stereocenters. The summed E-state index contributed by atoms with van der Waals surface area (Å²) in [7, 11) is 0. The lowest BCUT2D eigenvalue weighted by Gasteiger charge is -2.40. The second-order valence-electron chi connectivity index (χ2n) is 8.07. The molecule has 1 saturated heterocycles. The Labute approximate surface area is 187 Å². The minimum Gasteiger partial charge on any atom is -0.482 e. The number of fused-ring (bicyclic) bond motifs is 1. The molecule has 1 fully saturated rings. The molecule has 0 aromatic heterocycles. The van der Waals surface area contributed by atoms with Gasteiger partial charge in [-0.2, -0.15) is 8.78 Å². The number of nitrogens with one attached hydrogen (secondary N) is 1. The van der Waals surface area contributed by atoms with Gasteiger partial charge in [0.15, 0.2) is 0 Å². The normalized spacial score (nSPS) is 16.8. The molecule has 2 aliphatic heterocycles. The Hall–Kier alpha value is -2.93. The van der Waals surface area contributed by atoms with Crippen LogP contribution < -0.4 is 14.8 Å². The lowest BCUT2D eigenvalue weighted by molar-refractivity contribution is -0.0500. The predicted octanol–water partition coefficient (Wildman–Crippen LogP) is 4.72. The van der Waals surface area contributed by atoms with Crippen molar-refractivity contribution < 1.29 is 23.0 Å². The SMILES string of the molecule is CCN(CC)C(=O)c1ccc(C2=CC3(CCNCC3)Oc3cc(OC(F)F)ccc32)cc1. The molecule has 32 heavy (non-hydrogen) atoms. The van der Waals surface area contributed by atoms with Gasteiger partial charge in [0, 0.05) is 43.1 Å². The van der Waals surface area contributed by atoms with Gasteiger partial charge in [-0.25, -0.2) is 0 Å². The molecule has 170 valence electrons. The molecule has 4 rings (SSSR count). The molecule has 1 spiro atoms. The Kier molecular flexibility index (Phi) is 6.46. The molecule has 7 heteroatoms. The molecular formula is C25H28F2N2O3. The van der Waals surface area contributed by atoms with Gasteiger partial charge in [0.2, 0.25) is 0 Å².